The first-order chi connectivity index (χ1) is 7.57. The molecule has 2 aliphatic heterocycles. The maximum Gasteiger partial charge on any atom is 0.186 e. The van der Waals surface area contributed by atoms with Crippen LogP contribution in [-0.2, 0) is 18.9 Å². The fourth-order valence-corrected chi connectivity index (χ4v) is 2.10. The highest BCUT2D eigenvalue weighted by molar-refractivity contribution is 4.95. The Labute approximate surface area is 93.2 Å². The van der Waals surface area contributed by atoms with Gasteiger partial charge in [-0.15, -0.1) is 0 Å². The van der Waals surface area contributed by atoms with Crippen molar-refractivity contribution in [3.63, 3.8) is 0 Å². The number of fused-ring (bicyclic) bond motifs is 1. The number of nitrogens with zero attached hydrogens (tertiary/aromatic N) is 3. The van der Waals surface area contributed by atoms with Gasteiger partial charge in [0, 0.05) is 12.0 Å². The summed E-state index contributed by atoms with van der Waals surface area (Å²) in [6.07, 6.45) is -1.29. The molecule has 0 radical (unpaired) electrons. The van der Waals surface area contributed by atoms with E-state index in [2.05, 4.69) is 10.0 Å². The van der Waals surface area contributed by atoms with Gasteiger partial charge in [0.2, 0.25) is 0 Å². The molecule has 0 saturated carbocycles. The molecule has 2 heterocycles. The van der Waals surface area contributed by atoms with Crippen molar-refractivity contribution in [3.8, 4) is 0 Å². The van der Waals surface area contributed by atoms with Gasteiger partial charge in [0.25, 0.3) is 0 Å². The van der Waals surface area contributed by atoms with Gasteiger partial charge >= 0.3 is 0 Å². The zero-order chi connectivity index (χ0) is 11.8. The molecule has 0 aromatic carbocycles. The van der Waals surface area contributed by atoms with Crippen molar-refractivity contribution in [2.45, 2.75) is 44.2 Å². The quantitative estimate of drug-likeness (QED) is 0.413. The minimum absolute atomic E-state index is 0.219. The Bertz CT molecular complexity index is 316. The van der Waals surface area contributed by atoms with Crippen LogP contribution in [0.15, 0.2) is 5.11 Å². The fourth-order valence-electron chi connectivity index (χ4n) is 2.10. The highest BCUT2D eigenvalue weighted by Crippen LogP contribution is 2.38. The summed E-state index contributed by atoms with van der Waals surface area (Å²) in [6, 6.07) is 0. The van der Waals surface area contributed by atoms with Crippen LogP contribution in [0.25, 0.3) is 10.4 Å². The van der Waals surface area contributed by atoms with Crippen LogP contribution in [0.3, 0.4) is 0 Å². The summed E-state index contributed by atoms with van der Waals surface area (Å²) in [4.78, 5) is 2.71. The predicted octanol–water partition coefficient (Wildman–Crippen LogP) is 1.19. The summed E-state index contributed by atoms with van der Waals surface area (Å²) in [7, 11) is 1.55. The molecule has 2 saturated heterocycles. The average molecular weight is 229 g/mol. The smallest absolute Gasteiger partial charge is 0.186 e. The minimum atomic E-state index is -0.648. The molecule has 2 rings (SSSR count). The third-order valence-electron chi connectivity index (χ3n) is 2.66. The van der Waals surface area contributed by atoms with Crippen molar-refractivity contribution in [2.24, 2.45) is 5.11 Å². The van der Waals surface area contributed by atoms with Gasteiger partial charge in [-0.2, -0.15) is 0 Å². The summed E-state index contributed by atoms with van der Waals surface area (Å²) in [6.45, 7) is 3.89. The molecule has 0 amide bonds. The number of rotatable bonds is 3. The zero-order valence-electron chi connectivity index (χ0n) is 9.49. The molecule has 0 spiro atoms. The second-order valence-electron chi connectivity index (χ2n) is 4.26. The molecular formula is C9H15N3O4. The maximum atomic E-state index is 8.29. The van der Waals surface area contributed by atoms with Gasteiger partial charge in [-0.3, -0.25) is 0 Å². The van der Waals surface area contributed by atoms with Gasteiger partial charge in [0.15, 0.2) is 12.1 Å². The highest BCUT2D eigenvalue weighted by Gasteiger charge is 2.55. The molecule has 0 aromatic heterocycles. The molecule has 7 heteroatoms. The van der Waals surface area contributed by atoms with E-state index in [0.29, 0.717) is 0 Å². The van der Waals surface area contributed by atoms with E-state index in [1.165, 1.54) is 0 Å². The molecular weight excluding hydrogens is 214 g/mol. The first kappa shape index (κ1) is 11.6. The summed E-state index contributed by atoms with van der Waals surface area (Å²) >= 11 is 0. The molecule has 4 atom stereocenters. The molecule has 0 aliphatic carbocycles. The average Bonchev–Trinajstić information content (AvgIpc) is 2.69. The van der Waals surface area contributed by atoms with Crippen LogP contribution in [-0.4, -0.2) is 44.0 Å². The Morgan fingerprint density at radius 2 is 2.06 bits per heavy atom. The first-order valence-electron chi connectivity index (χ1n) is 5.12. The molecule has 7 nitrogen and oxygen atoms in total. The Morgan fingerprint density at radius 3 is 2.69 bits per heavy atom. The zero-order valence-corrected chi connectivity index (χ0v) is 9.49. The van der Waals surface area contributed by atoms with E-state index < -0.39 is 12.1 Å². The minimum Gasteiger partial charge on any atom is -0.353 e. The lowest BCUT2D eigenvalue weighted by atomic mass is 10.1. The van der Waals surface area contributed by atoms with Crippen LogP contribution in [0.4, 0.5) is 0 Å². The van der Waals surface area contributed by atoms with Gasteiger partial charge in [-0.25, -0.2) is 0 Å². The fraction of sp³-hybridized carbons (Fsp3) is 1.00. The van der Waals surface area contributed by atoms with E-state index in [1.807, 2.05) is 13.8 Å². The summed E-state index contributed by atoms with van der Waals surface area (Å²) in [5, 5.41) is 3.50. The number of azide groups is 1. The van der Waals surface area contributed by atoms with E-state index in [-0.39, 0.29) is 24.9 Å². The molecule has 90 valence electrons. The monoisotopic (exact) mass is 229 g/mol. The van der Waals surface area contributed by atoms with Crippen LogP contribution in [0.2, 0.25) is 0 Å². The molecule has 0 aromatic rings. The summed E-state index contributed by atoms with van der Waals surface area (Å²) in [5.41, 5.74) is 8.29. The van der Waals surface area contributed by atoms with Crippen molar-refractivity contribution in [1.82, 2.24) is 0 Å². The van der Waals surface area contributed by atoms with Crippen molar-refractivity contribution in [3.05, 3.63) is 10.4 Å². The Hall–Kier alpha value is -0.850. The van der Waals surface area contributed by atoms with Gasteiger partial charge < -0.3 is 18.9 Å². The molecule has 2 aliphatic rings. The van der Waals surface area contributed by atoms with Crippen LogP contribution >= 0.6 is 0 Å². The van der Waals surface area contributed by atoms with Gasteiger partial charge in [-0.05, 0) is 19.4 Å². The molecule has 0 N–H and O–H groups in total. The highest BCUT2D eigenvalue weighted by atomic mass is 16.8. The van der Waals surface area contributed by atoms with E-state index in [1.54, 1.807) is 7.11 Å². The number of hydrogen-bond acceptors (Lipinski definition) is 5. The summed E-state index contributed by atoms with van der Waals surface area (Å²) < 4.78 is 22.1. The van der Waals surface area contributed by atoms with Gasteiger partial charge in [0.05, 0.1) is 12.6 Å². The maximum absolute atomic E-state index is 8.29. The van der Waals surface area contributed by atoms with E-state index >= 15 is 0 Å². The number of hydrogen-bond donors (Lipinski definition) is 0. The Balaban J connectivity index is 2.10. The van der Waals surface area contributed by atoms with Crippen LogP contribution in [0.5, 0.6) is 0 Å². The second-order valence-corrected chi connectivity index (χ2v) is 4.26. The first-order valence-corrected chi connectivity index (χ1v) is 5.12. The lowest BCUT2D eigenvalue weighted by Crippen LogP contribution is -2.31. The van der Waals surface area contributed by atoms with Crippen molar-refractivity contribution >= 4 is 0 Å². The molecule has 16 heavy (non-hydrogen) atoms. The van der Waals surface area contributed by atoms with Crippen molar-refractivity contribution < 1.29 is 18.9 Å². The van der Waals surface area contributed by atoms with E-state index in [4.69, 9.17) is 24.5 Å². The van der Waals surface area contributed by atoms with Crippen molar-refractivity contribution in [1.29, 1.82) is 0 Å². The lowest BCUT2D eigenvalue weighted by Gasteiger charge is -2.22. The number of ether oxygens (including phenoxy) is 4. The standard InChI is InChI=1S/C9H15N3O4/c1-9(2)15-6-5(4-11-12-10)14-8(13-3)7(6)16-9/h5-8H,4H2,1-3H3/t5-,6-,7+,8-/m0/s1. The van der Waals surface area contributed by atoms with Crippen LogP contribution in [0, 0.1) is 0 Å². The topological polar surface area (TPSA) is 85.7 Å². The Morgan fingerprint density at radius 1 is 1.38 bits per heavy atom. The lowest BCUT2D eigenvalue weighted by molar-refractivity contribution is -0.225. The van der Waals surface area contributed by atoms with Gasteiger partial charge in [0.1, 0.15) is 12.2 Å². The molecule has 0 unspecified atom stereocenters. The number of methoxy groups -OCH3 is 1. The second kappa shape index (κ2) is 4.20. The van der Waals surface area contributed by atoms with Crippen LogP contribution < -0.4 is 0 Å². The molecule has 0 bridgehead atoms. The predicted molar refractivity (Wildman–Crippen MR) is 53.5 cm³/mol. The molecule has 2 fully saturated rings. The SMILES string of the molecule is CO[C@H]1O[C@@H](CN=[N+]=[N-])[C@@H]2OC(C)(C)O[C@@H]12. The summed E-state index contributed by atoms with van der Waals surface area (Å²) in [5.74, 6) is -0.648. The third kappa shape index (κ3) is 2.00. The Kier molecular flexibility index (Phi) is 3.05. The van der Waals surface area contributed by atoms with E-state index in [0.717, 1.165) is 0 Å². The van der Waals surface area contributed by atoms with Crippen LogP contribution in [0.1, 0.15) is 13.8 Å². The third-order valence-corrected chi connectivity index (χ3v) is 2.66. The van der Waals surface area contributed by atoms with Crippen molar-refractivity contribution in [2.75, 3.05) is 13.7 Å². The van der Waals surface area contributed by atoms with Gasteiger partial charge in [-0.1, -0.05) is 5.11 Å². The largest absolute Gasteiger partial charge is 0.353 e. The van der Waals surface area contributed by atoms with E-state index in [9.17, 15) is 0 Å². The normalized spacial score (nSPS) is 40.4.